The van der Waals surface area contributed by atoms with Crippen molar-refractivity contribution in [3.8, 4) is 0 Å². The molecular weight excluding hydrogens is 456 g/mol. The number of halogens is 3. The van der Waals surface area contributed by atoms with E-state index in [0.717, 1.165) is 24.8 Å². The van der Waals surface area contributed by atoms with Gasteiger partial charge in [0, 0.05) is 19.1 Å². The lowest BCUT2D eigenvalue weighted by Crippen LogP contribution is -2.19. The second kappa shape index (κ2) is 6.83. The maximum atomic E-state index is 5.28. The highest BCUT2D eigenvalue weighted by Crippen LogP contribution is 2.26. The Morgan fingerprint density at radius 1 is 0.842 bits per heavy atom. The van der Waals surface area contributed by atoms with E-state index in [4.69, 9.17) is 12.2 Å². The summed E-state index contributed by atoms with van der Waals surface area (Å²) in [4.78, 5) is 0. The Morgan fingerprint density at radius 3 is 2.11 bits per heavy atom. The van der Waals surface area contributed by atoms with E-state index in [-0.39, 0.29) is 0 Å². The summed E-state index contributed by atoms with van der Waals surface area (Å²) in [6, 6.07) is 13.7. The van der Waals surface area contributed by atoms with Crippen LogP contribution in [0.2, 0.25) is 0 Å². The molecular formula is C13H9Br3N2S. The Kier molecular flexibility index (Phi) is 5.38. The van der Waals surface area contributed by atoms with Gasteiger partial charge in [-0.25, -0.2) is 0 Å². The smallest absolute Gasteiger partial charge is 0.175 e. The predicted octanol–water partition coefficient (Wildman–Crippen LogP) is 5.78. The van der Waals surface area contributed by atoms with E-state index >= 15 is 0 Å². The van der Waals surface area contributed by atoms with Crippen LogP contribution in [0.5, 0.6) is 0 Å². The third kappa shape index (κ3) is 4.56. The lowest BCUT2D eigenvalue weighted by atomic mass is 10.3. The number of rotatable bonds is 2. The van der Waals surface area contributed by atoms with Crippen LogP contribution in [0, 0.1) is 0 Å². The third-order valence-electron chi connectivity index (χ3n) is 2.28. The first kappa shape index (κ1) is 15.0. The number of benzene rings is 2. The van der Waals surface area contributed by atoms with Gasteiger partial charge >= 0.3 is 0 Å². The fourth-order valence-electron chi connectivity index (χ4n) is 1.41. The average Bonchev–Trinajstić information content (AvgIpc) is 2.36. The second-order valence-electron chi connectivity index (χ2n) is 3.71. The molecule has 98 valence electrons. The van der Waals surface area contributed by atoms with Crippen molar-refractivity contribution in [1.82, 2.24) is 0 Å². The zero-order valence-corrected chi connectivity index (χ0v) is 15.2. The third-order valence-corrected chi connectivity index (χ3v) is 4.16. The van der Waals surface area contributed by atoms with Gasteiger partial charge in [-0.3, -0.25) is 0 Å². The number of nitrogens with one attached hydrogen (secondary N) is 2. The molecule has 0 heterocycles. The molecule has 2 aromatic carbocycles. The molecule has 0 bridgehead atoms. The molecule has 2 nitrogen and oxygen atoms in total. The minimum atomic E-state index is 0.547. The molecule has 0 saturated carbocycles. The molecule has 2 rings (SSSR count). The van der Waals surface area contributed by atoms with E-state index in [1.54, 1.807) is 0 Å². The Hall–Kier alpha value is -0.430. The first-order valence-corrected chi connectivity index (χ1v) is 8.12. The van der Waals surface area contributed by atoms with Crippen LogP contribution in [0.4, 0.5) is 11.4 Å². The first-order chi connectivity index (χ1) is 9.04. The number of thiocarbonyl (C=S) groups is 1. The van der Waals surface area contributed by atoms with Crippen molar-refractivity contribution >= 4 is 76.5 Å². The lowest BCUT2D eigenvalue weighted by Gasteiger charge is -2.12. The molecule has 2 N–H and O–H groups in total. The van der Waals surface area contributed by atoms with E-state index in [2.05, 4.69) is 58.4 Å². The van der Waals surface area contributed by atoms with Crippen molar-refractivity contribution < 1.29 is 0 Å². The molecule has 0 aromatic heterocycles. The summed E-state index contributed by atoms with van der Waals surface area (Å²) >= 11 is 15.6. The van der Waals surface area contributed by atoms with Crippen LogP contribution in [-0.4, -0.2) is 5.11 Å². The quantitative estimate of drug-likeness (QED) is 0.550. The summed E-state index contributed by atoms with van der Waals surface area (Å²) in [5, 5.41) is 6.81. The van der Waals surface area contributed by atoms with Crippen LogP contribution < -0.4 is 10.6 Å². The Morgan fingerprint density at radius 2 is 1.47 bits per heavy atom. The summed E-state index contributed by atoms with van der Waals surface area (Å²) < 4.78 is 2.99. The van der Waals surface area contributed by atoms with Gasteiger partial charge in [0.25, 0.3) is 0 Å². The van der Waals surface area contributed by atoms with Gasteiger partial charge < -0.3 is 10.6 Å². The lowest BCUT2D eigenvalue weighted by molar-refractivity contribution is 1.54. The van der Waals surface area contributed by atoms with Gasteiger partial charge in [-0.05, 0) is 70.6 Å². The van der Waals surface area contributed by atoms with Crippen LogP contribution in [0.25, 0.3) is 0 Å². The fourth-order valence-corrected chi connectivity index (χ4v) is 3.05. The maximum absolute atomic E-state index is 5.28. The minimum absolute atomic E-state index is 0.547. The fraction of sp³-hybridized carbons (Fsp3) is 0. The first-order valence-electron chi connectivity index (χ1n) is 5.33. The van der Waals surface area contributed by atoms with E-state index in [1.807, 2.05) is 42.5 Å². The molecule has 2 aromatic rings. The van der Waals surface area contributed by atoms with Crippen LogP contribution in [0.3, 0.4) is 0 Å². The zero-order valence-electron chi connectivity index (χ0n) is 9.58. The molecule has 0 atom stereocenters. The van der Waals surface area contributed by atoms with Crippen molar-refractivity contribution in [2.45, 2.75) is 0 Å². The Labute approximate surface area is 142 Å². The standard InChI is InChI=1S/C13H9Br3N2S/c14-8-1-4-10(5-2-8)17-13(19)18-12-6-3-9(15)7-11(12)16/h1-7H,(H2,17,18,19). The van der Waals surface area contributed by atoms with E-state index in [1.165, 1.54) is 0 Å². The number of hydrogen-bond acceptors (Lipinski definition) is 1. The topological polar surface area (TPSA) is 24.1 Å². The summed E-state index contributed by atoms with van der Waals surface area (Å²) in [5.74, 6) is 0. The predicted molar refractivity (Wildman–Crippen MR) is 95.8 cm³/mol. The van der Waals surface area contributed by atoms with Crippen LogP contribution >= 0.6 is 60.0 Å². The molecule has 19 heavy (non-hydrogen) atoms. The summed E-state index contributed by atoms with van der Waals surface area (Å²) in [6.45, 7) is 0. The molecule has 0 saturated heterocycles. The van der Waals surface area contributed by atoms with Crippen molar-refractivity contribution in [3.63, 3.8) is 0 Å². The van der Waals surface area contributed by atoms with E-state index in [0.29, 0.717) is 5.11 Å². The highest BCUT2D eigenvalue weighted by molar-refractivity contribution is 9.11. The van der Waals surface area contributed by atoms with Gasteiger partial charge in [-0.15, -0.1) is 0 Å². The van der Waals surface area contributed by atoms with Gasteiger partial charge in [0.1, 0.15) is 0 Å². The summed E-state index contributed by atoms with van der Waals surface area (Å²) in [7, 11) is 0. The molecule has 0 unspecified atom stereocenters. The molecule has 0 fully saturated rings. The highest BCUT2D eigenvalue weighted by atomic mass is 79.9. The van der Waals surface area contributed by atoms with Crippen molar-refractivity contribution in [2.24, 2.45) is 0 Å². The normalized spacial score (nSPS) is 10.1. The Bertz CT molecular complexity index is 599. The van der Waals surface area contributed by atoms with Crippen LogP contribution in [0.15, 0.2) is 55.9 Å². The molecule has 0 spiro atoms. The zero-order chi connectivity index (χ0) is 13.8. The van der Waals surface area contributed by atoms with E-state index in [9.17, 15) is 0 Å². The average molecular weight is 465 g/mol. The van der Waals surface area contributed by atoms with Gasteiger partial charge in [0.2, 0.25) is 0 Å². The van der Waals surface area contributed by atoms with Gasteiger partial charge in [-0.2, -0.15) is 0 Å². The molecule has 6 heteroatoms. The number of hydrogen-bond donors (Lipinski definition) is 2. The van der Waals surface area contributed by atoms with Crippen LogP contribution in [-0.2, 0) is 0 Å². The molecule has 0 radical (unpaired) electrons. The summed E-state index contributed by atoms with van der Waals surface area (Å²) in [5.41, 5.74) is 1.85. The molecule has 0 amide bonds. The van der Waals surface area contributed by atoms with Crippen molar-refractivity contribution in [2.75, 3.05) is 10.6 Å². The van der Waals surface area contributed by atoms with Gasteiger partial charge in [0.15, 0.2) is 5.11 Å². The highest BCUT2D eigenvalue weighted by Gasteiger charge is 2.03. The van der Waals surface area contributed by atoms with E-state index < -0.39 is 0 Å². The molecule has 0 aliphatic carbocycles. The van der Waals surface area contributed by atoms with Gasteiger partial charge in [-0.1, -0.05) is 31.9 Å². The summed E-state index contributed by atoms with van der Waals surface area (Å²) in [6.07, 6.45) is 0. The monoisotopic (exact) mass is 462 g/mol. The van der Waals surface area contributed by atoms with Crippen LogP contribution in [0.1, 0.15) is 0 Å². The van der Waals surface area contributed by atoms with Gasteiger partial charge in [0.05, 0.1) is 5.69 Å². The minimum Gasteiger partial charge on any atom is -0.332 e. The van der Waals surface area contributed by atoms with Crippen molar-refractivity contribution in [3.05, 3.63) is 55.9 Å². The largest absolute Gasteiger partial charge is 0.332 e. The molecule has 0 aliphatic heterocycles. The van der Waals surface area contributed by atoms with Crippen molar-refractivity contribution in [1.29, 1.82) is 0 Å². The SMILES string of the molecule is S=C(Nc1ccc(Br)cc1)Nc1ccc(Br)cc1Br. The second-order valence-corrected chi connectivity index (χ2v) is 6.80. The molecule has 0 aliphatic rings. The Balaban J connectivity index is 2.03. The maximum Gasteiger partial charge on any atom is 0.175 e. The number of anilines is 2.